The zero-order chi connectivity index (χ0) is 22.6. The summed E-state index contributed by atoms with van der Waals surface area (Å²) in [5.74, 6) is -0.993. The molecule has 4 nitrogen and oxygen atoms in total. The molecule has 0 spiro atoms. The van der Waals surface area contributed by atoms with Gasteiger partial charge in [0, 0.05) is 36.4 Å². The second-order valence-electron chi connectivity index (χ2n) is 8.53. The number of nitrogens with zero attached hydrogens (tertiary/aromatic N) is 2. The minimum absolute atomic E-state index is 0.0223. The molecule has 1 aliphatic heterocycles. The van der Waals surface area contributed by atoms with E-state index in [-0.39, 0.29) is 30.8 Å². The van der Waals surface area contributed by atoms with E-state index in [1.165, 1.54) is 12.3 Å². The van der Waals surface area contributed by atoms with E-state index in [0.29, 0.717) is 24.0 Å². The molecule has 1 aliphatic carbocycles. The van der Waals surface area contributed by atoms with Gasteiger partial charge in [-0.15, -0.1) is 0 Å². The molecular formula is C21H21F6N3O. The van der Waals surface area contributed by atoms with Crippen molar-refractivity contribution in [2.24, 2.45) is 11.3 Å². The molecule has 2 heterocycles. The van der Waals surface area contributed by atoms with Crippen molar-refractivity contribution in [3.63, 3.8) is 0 Å². The Kier molecular flexibility index (Phi) is 5.09. The molecule has 2 aliphatic rings. The number of amides is 1. The molecule has 1 saturated carbocycles. The number of pyridine rings is 1. The van der Waals surface area contributed by atoms with Gasteiger partial charge in [-0.25, -0.2) is 0 Å². The van der Waals surface area contributed by atoms with Crippen LogP contribution in [0.4, 0.5) is 32.0 Å². The Balaban J connectivity index is 1.61. The van der Waals surface area contributed by atoms with Crippen LogP contribution in [-0.4, -0.2) is 36.2 Å². The number of alkyl halides is 6. The minimum Gasteiger partial charge on any atom is -0.369 e. The first-order valence-electron chi connectivity index (χ1n) is 10.00. The zero-order valence-corrected chi connectivity index (χ0v) is 16.6. The monoisotopic (exact) mass is 445 g/mol. The van der Waals surface area contributed by atoms with Crippen LogP contribution in [0.3, 0.4) is 0 Å². The van der Waals surface area contributed by atoms with E-state index in [1.807, 2.05) is 11.8 Å². The Morgan fingerprint density at radius 3 is 2.45 bits per heavy atom. The fourth-order valence-corrected chi connectivity index (χ4v) is 4.40. The van der Waals surface area contributed by atoms with Crippen molar-refractivity contribution in [1.29, 1.82) is 0 Å². The summed E-state index contributed by atoms with van der Waals surface area (Å²) in [4.78, 5) is 18.1. The van der Waals surface area contributed by atoms with Crippen LogP contribution in [0.5, 0.6) is 0 Å². The number of nitrogens with one attached hydrogen (secondary N) is 1. The molecule has 2 unspecified atom stereocenters. The number of aromatic nitrogens is 1. The van der Waals surface area contributed by atoms with Crippen LogP contribution in [-0.2, 0) is 11.0 Å². The van der Waals surface area contributed by atoms with Gasteiger partial charge in [0.05, 0.1) is 11.1 Å². The average Bonchev–Trinajstić information content (AvgIpc) is 3.48. The lowest BCUT2D eigenvalue weighted by molar-refractivity contribution is -0.192. The molecule has 1 amide bonds. The summed E-state index contributed by atoms with van der Waals surface area (Å²) in [7, 11) is 0. The lowest BCUT2D eigenvalue weighted by Gasteiger charge is -2.39. The number of rotatable bonds is 3. The third-order valence-electron chi connectivity index (χ3n) is 6.11. The Bertz CT molecular complexity index is 999. The van der Waals surface area contributed by atoms with Crippen molar-refractivity contribution >= 4 is 22.5 Å². The fraction of sp³-hybridized carbons (Fsp3) is 0.524. The summed E-state index contributed by atoms with van der Waals surface area (Å²) in [6, 6.07) is 4.88. The predicted molar refractivity (Wildman–Crippen MR) is 102 cm³/mol. The van der Waals surface area contributed by atoms with Crippen molar-refractivity contribution in [3.8, 4) is 0 Å². The lowest BCUT2D eigenvalue weighted by atomic mass is 9.93. The molecule has 2 atom stereocenters. The molecular weight excluding hydrogens is 424 g/mol. The van der Waals surface area contributed by atoms with Gasteiger partial charge in [-0.3, -0.25) is 9.78 Å². The molecule has 0 radical (unpaired) electrons. The van der Waals surface area contributed by atoms with Crippen molar-refractivity contribution in [1.82, 2.24) is 10.3 Å². The predicted octanol–water partition coefficient (Wildman–Crippen LogP) is 4.93. The third-order valence-corrected chi connectivity index (χ3v) is 6.11. The Labute approximate surface area is 174 Å². The highest BCUT2D eigenvalue weighted by atomic mass is 19.4. The van der Waals surface area contributed by atoms with E-state index < -0.39 is 35.3 Å². The van der Waals surface area contributed by atoms with E-state index in [0.717, 1.165) is 6.07 Å². The molecule has 0 bridgehead atoms. The first-order valence-corrected chi connectivity index (χ1v) is 10.00. The highest BCUT2D eigenvalue weighted by Gasteiger charge is 2.68. The van der Waals surface area contributed by atoms with Gasteiger partial charge < -0.3 is 10.2 Å². The molecule has 4 rings (SSSR count). The Morgan fingerprint density at radius 1 is 1.13 bits per heavy atom. The summed E-state index contributed by atoms with van der Waals surface area (Å²) in [6.45, 7) is 2.61. The van der Waals surface area contributed by atoms with E-state index in [2.05, 4.69) is 10.3 Å². The van der Waals surface area contributed by atoms with Crippen LogP contribution in [0, 0.1) is 11.3 Å². The normalized spacial score (nSPS) is 23.6. The van der Waals surface area contributed by atoms with Gasteiger partial charge in [0.2, 0.25) is 5.91 Å². The van der Waals surface area contributed by atoms with Crippen molar-refractivity contribution in [2.75, 3.05) is 18.0 Å². The maximum Gasteiger partial charge on any atom is 0.418 e. The Hall–Kier alpha value is -2.52. The molecule has 2 aromatic rings. The van der Waals surface area contributed by atoms with Gasteiger partial charge in [-0.2, -0.15) is 26.3 Å². The van der Waals surface area contributed by atoms with Gasteiger partial charge in [0.15, 0.2) is 0 Å². The molecule has 10 heteroatoms. The van der Waals surface area contributed by atoms with Crippen molar-refractivity contribution in [2.45, 2.75) is 44.6 Å². The number of benzene rings is 1. The first kappa shape index (κ1) is 21.7. The van der Waals surface area contributed by atoms with Crippen LogP contribution in [0.2, 0.25) is 0 Å². The number of hydrogen-bond acceptors (Lipinski definition) is 3. The molecule has 168 valence electrons. The smallest absolute Gasteiger partial charge is 0.369 e. The van der Waals surface area contributed by atoms with Crippen molar-refractivity contribution < 1.29 is 31.1 Å². The van der Waals surface area contributed by atoms with E-state index in [9.17, 15) is 31.1 Å². The fourth-order valence-electron chi connectivity index (χ4n) is 4.40. The summed E-state index contributed by atoms with van der Waals surface area (Å²) in [6.07, 6.45) is -7.81. The number of piperidine rings is 1. The van der Waals surface area contributed by atoms with E-state index >= 15 is 0 Å². The summed E-state index contributed by atoms with van der Waals surface area (Å²) >= 11 is 0. The van der Waals surface area contributed by atoms with Crippen LogP contribution >= 0.6 is 0 Å². The summed E-state index contributed by atoms with van der Waals surface area (Å²) in [5.41, 5.74) is -2.81. The molecule has 1 aromatic carbocycles. The minimum atomic E-state index is -4.59. The first-order chi connectivity index (χ1) is 14.4. The largest absolute Gasteiger partial charge is 0.418 e. The van der Waals surface area contributed by atoms with Gasteiger partial charge in [0.25, 0.3) is 0 Å². The molecule has 1 aromatic heterocycles. The van der Waals surface area contributed by atoms with Gasteiger partial charge in [-0.05, 0) is 49.4 Å². The topological polar surface area (TPSA) is 45.2 Å². The number of carbonyl (C=O) groups is 1. The van der Waals surface area contributed by atoms with Crippen LogP contribution in [0.1, 0.15) is 31.7 Å². The quantitative estimate of drug-likeness (QED) is 0.682. The van der Waals surface area contributed by atoms with Gasteiger partial charge in [-0.1, -0.05) is 6.92 Å². The van der Waals surface area contributed by atoms with Crippen molar-refractivity contribution in [3.05, 3.63) is 36.0 Å². The highest BCUT2D eigenvalue weighted by molar-refractivity contribution is 5.94. The molecule has 2 fully saturated rings. The second-order valence-corrected chi connectivity index (χ2v) is 8.53. The molecule has 1 N–H and O–H groups in total. The maximum atomic E-state index is 13.4. The summed E-state index contributed by atoms with van der Waals surface area (Å²) < 4.78 is 79.9. The van der Waals surface area contributed by atoms with Gasteiger partial charge >= 0.3 is 12.4 Å². The average molecular weight is 445 g/mol. The molecule has 1 saturated heterocycles. The highest BCUT2D eigenvalue weighted by Crippen LogP contribution is 2.57. The Morgan fingerprint density at radius 2 is 1.84 bits per heavy atom. The van der Waals surface area contributed by atoms with Crippen LogP contribution in [0.15, 0.2) is 30.5 Å². The van der Waals surface area contributed by atoms with Crippen LogP contribution in [0.25, 0.3) is 10.9 Å². The standard InChI is InChI=1S/C21H21F6N3O/c1-12-9-13(29-18(31)19(6-7-19)21(25,26)27)11-30(10-12)16-5-4-15(20(22,23)24)17-14(16)3-2-8-28-17/h2-5,8,12-13H,6-7,9-11H2,1H3,(H,29,31). The van der Waals surface area contributed by atoms with E-state index in [1.54, 1.807) is 12.1 Å². The third kappa shape index (κ3) is 3.92. The summed E-state index contributed by atoms with van der Waals surface area (Å²) in [5, 5.41) is 2.86. The number of carbonyl (C=O) groups excluding carboxylic acids is 1. The van der Waals surface area contributed by atoms with Crippen LogP contribution < -0.4 is 10.2 Å². The molecule has 31 heavy (non-hydrogen) atoms. The number of halogens is 6. The maximum absolute atomic E-state index is 13.4. The number of hydrogen-bond donors (Lipinski definition) is 1. The second kappa shape index (κ2) is 7.27. The lowest BCUT2D eigenvalue weighted by Crippen LogP contribution is -2.53. The number of anilines is 1. The van der Waals surface area contributed by atoms with Gasteiger partial charge in [0.1, 0.15) is 5.41 Å². The number of fused-ring (bicyclic) bond motifs is 1. The zero-order valence-electron chi connectivity index (χ0n) is 16.6. The SMILES string of the molecule is CC1CC(NC(=O)C2(C(F)(F)F)CC2)CN(c2ccc(C(F)(F)F)c3ncccc23)C1. The van der Waals surface area contributed by atoms with E-state index in [4.69, 9.17) is 0 Å².